The smallest absolute Gasteiger partial charge is 0.311 e. The molecule has 1 fully saturated rings. The van der Waals surface area contributed by atoms with Crippen LogP contribution in [0, 0.1) is 5.92 Å². The van der Waals surface area contributed by atoms with Crippen molar-refractivity contribution in [2.24, 2.45) is 5.92 Å². The first-order valence-electron chi connectivity index (χ1n) is 9.31. The van der Waals surface area contributed by atoms with E-state index in [-0.39, 0.29) is 29.3 Å². The lowest BCUT2D eigenvalue weighted by atomic mass is 9.98. The molecule has 1 aliphatic rings. The van der Waals surface area contributed by atoms with E-state index < -0.39 is 9.84 Å². The predicted octanol–water partition coefficient (Wildman–Crippen LogP) is 0.758. The molecule has 1 atom stereocenters. The maximum atomic E-state index is 12.4. The van der Waals surface area contributed by atoms with Crippen LogP contribution in [0.25, 0.3) is 5.69 Å². The molecule has 156 valence electrons. The highest BCUT2D eigenvalue weighted by Crippen LogP contribution is 2.19. The summed E-state index contributed by atoms with van der Waals surface area (Å²) in [6.07, 6.45) is 2.97. The minimum absolute atomic E-state index is 0.0315. The van der Waals surface area contributed by atoms with Crippen molar-refractivity contribution in [1.82, 2.24) is 25.1 Å². The number of likely N-dealkylation sites (tertiary alicyclic amines) is 1. The number of sulfone groups is 1. The Morgan fingerprint density at radius 3 is 2.62 bits per heavy atom. The van der Waals surface area contributed by atoms with Gasteiger partial charge in [0.2, 0.25) is 5.91 Å². The molecular weight excluding hydrogens is 398 g/mol. The topological polar surface area (TPSA) is 124 Å². The fourth-order valence-corrected chi connectivity index (χ4v) is 3.83. The largest absolute Gasteiger partial charge is 0.457 e. The first-order chi connectivity index (χ1) is 13.8. The van der Waals surface area contributed by atoms with Crippen molar-refractivity contribution in [3.63, 3.8) is 0 Å². The van der Waals surface area contributed by atoms with Gasteiger partial charge in [0.1, 0.15) is 0 Å². The molecule has 2 aromatic rings. The summed E-state index contributed by atoms with van der Waals surface area (Å²) in [5.74, 6) is -0.412. The van der Waals surface area contributed by atoms with E-state index in [0.717, 1.165) is 12.7 Å². The quantitative estimate of drug-likeness (QED) is 0.626. The van der Waals surface area contributed by atoms with E-state index in [1.54, 1.807) is 24.0 Å². The van der Waals surface area contributed by atoms with Crippen LogP contribution in [0.2, 0.25) is 0 Å². The highest BCUT2D eigenvalue weighted by molar-refractivity contribution is 7.90. The zero-order valence-electron chi connectivity index (χ0n) is 16.3. The third-order valence-corrected chi connectivity index (χ3v) is 5.93. The van der Waals surface area contributed by atoms with Gasteiger partial charge in [-0.25, -0.2) is 8.42 Å². The molecule has 29 heavy (non-hydrogen) atoms. The zero-order chi connectivity index (χ0) is 21.0. The minimum atomic E-state index is -3.30. The van der Waals surface area contributed by atoms with Gasteiger partial charge in [0.05, 0.1) is 16.5 Å². The lowest BCUT2D eigenvalue weighted by Gasteiger charge is -2.31. The van der Waals surface area contributed by atoms with Crippen molar-refractivity contribution in [3.8, 4) is 5.69 Å². The first-order valence-corrected chi connectivity index (χ1v) is 11.2. The molecule has 3 rings (SSSR count). The van der Waals surface area contributed by atoms with Crippen LogP contribution in [0.15, 0.2) is 29.2 Å². The Morgan fingerprint density at radius 2 is 1.97 bits per heavy atom. The van der Waals surface area contributed by atoms with Crippen LogP contribution < -0.4 is 0 Å². The van der Waals surface area contributed by atoms with Gasteiger partial charge in [0.25, 0.3) is 0 Å². The van der Waals surface area contributed by atoms with E-state index in [9.17, 15) is 18.0 Å². The van der Waals surface area contributed by atoms with Crippen LogP contribution in [0.3, 0.4) is 0 Å². The second kappa shape index (κ2) is 8.68. The molecule has 0 radical (unpaired) electrons. The zero-order valence-corrected chi connectivity index (χ0v) is 17.1. The summed E-state index contributed by atoms with van der Waals surface area (Å²) in [5.41, 5.74) is 0.547. The van der Waals surface area contributed by atoms with Crippen molar-refractivity contribution in [3.05, 3.63) is 30.1 Å². The number of hydrogen-bond donors (Lipinski definition) is 0. The van der Waals surface area contributed by atoms with Gasteiger partial charge in [-0.1, -0.05) is 6.92 Å². The summed E-state index contributed by atoms with van der Waals surface area (Å²) >= 11 is 0. The number of carbonyl (C=O) groups is 2. The van der Waals surface area contributed by atoms with E-state index >= 15 is 0 Å². The number of piperidine rings is 1. The van der Waals surface area contributed by atoms with Crippen molar-refractivity contribution in [2.75, 3.05) is 19.3 Å². The van der Waals surface area contributed by atoms with Crippen LogP contribution in [0.5, 0.6) is 0 Å². The Hall–Kier alpha value is -2.82. The Labute approximate surface area is 168 Å². The number of tetrazole rings is 1. The van der Waals surface area contributed by atoms with E-state index in [4.69, 9.17) is 4.74 Å². The lowest BCUT2D eigenvalue weighted by Crippen LogP contribution is -2.42. The number of benzene rings is 1. The normalized spacial score (nSPS) is 17.2. The van der Waals surface area contributed by atoms with Gasteiger partial charge in [0, 0.05) is 25.8 Å². The lowest BCUT2D eigenvalue weighted by molar-refractivity contribution is -0.153. The molecule has 0 bridgehead atoms. The number of hydrogen-bond acceptors (Lipinski definition) is 8. The second-order valence-electron chi connectivity index (χ2n) is 6.91. The van der Waals surface area contributed by atoms with Crippen molar-refractivity contribution >= 4 is 21.7 Å². The monoisotopic (exact) mass is 421 g/mol. The molecule has 11 heteroatoms. The summed E-state index contributed by atoms with van der Waals surface area (Å²) in [4.78, 5) is 26.2. The number of nitrogens with zero attached hydrogens (tertiary/aromatic N) is 5. The number of amides is 1. The molecule has 2 heterocycles. The van der Waals surface area contributed by atoms with Crippen molar-refractivity contribution in [2.45, 2.75) is 37.7 Å². The fourth-order valence-electron chi connectivity index (χ4n) is 3.20. The average molecular weight is 421 g/mol. The molecule has 10 nitrogen and oxygen atoms in total. The Morgan fingerprint density at radius 1 is 1.24 bits per heavy atom. The molecule has 0 saturated carbocycles. The minimum Gasteiger partial charge on any atom is -0.457 e. The third kappa shape index (κ3) is 4.97. The number of ether oxygens (including phenoxy) is 1. The van der Waals surface area contributed by atoms with Crippen molar-refractivity contribution < 1.29 is 22.7 Å². The van der Waals surface area contributed by atoms with Gasteiger partial charge in [0.15, 0.2) is 22.3 Å². The maximum Gasteiger partial charge on any atom is 0.311 e. The van der Waals surface area contributed by atoms with Crippen LogP contribution in [0.1, 0.15) is 32.0 Å². The van der Waals surface area contributed by atoms with Crippen LogP contribution in [-0.2, 0) is 30.8 Å². The van der Waals surface area contributed by atoms with E-state index in [1.165, 1.54) is 16.8 Å². The van der Waals surface area contributed by atoms with Crippen LogP contribution in [0.4, 0.5) is 0 Å². The number of rotatable bonds is 6. The molecule has 1 saturated heterocycles. The van der Waals surface area contributed by atoms with E-state index in [2.05, 4.69) is 15.5 Å². The van der Waals surface area contributed by atoms with Gasteiger partial charge in [-0.15, -0.1) is 5.10 Å². The number of esters is 1. The summed E-state index contributed by atoms with van der Waals surface area (Å²) in [5, 5.41) is 11.4. The summed E-state index contributed by atoms with van der Waals surface area (Å²) in [7, 11) is -3.30. The molecule has 0 N–H and O–H groups in total. The van der Waals surface area contributed by atoms with Gasteiger partial charge in [-0.3, -0.25) is 9.59 Å². The van der Waals surface area contributed by atoms with Crippen LogP contribution >= 0.6 is 0 Å². The Kier molecular flexibility index (Phi) is 6.26. The Bertz CT molecular complexity index is 986. The van der Waals surface area contributed by atoms with Crippen LogP contribution in [-0.4, -0.2) is 64.7 Å². The van der Waals surface area contributed by atoms with Crippen molar-refractivity contribution in [1.29, 1.82) is 0 Å². The molecule has 1 aromatic carbocycles. The molecule has 1 aliphatic heterocycles. The van der Waals surface area contributed by atoms with Gasteiger partial charge in [-0.05, 0) is 47.5 Å². The molecule has 1 aromatic heterocycles. The summed E-state index contributed by atoms with van der Waals surface area (Å²) < 4.78 is 29.9. The Balaban J connectivity index is 1.64. The third-order valence-electron chi connectivity index (χ3n) is 4.80. The van der Waals surface area contributed by atoms with E-state index in [1.807, 2.05) is 0 Å². The first kappa shape index (κ1) is 20.9. The second-order valence-corrected chi connectivity index (χ2v) is 8.93. The summed E-state index contributed by atoms with van der Waals surface area (Å²) in [6.45, 7) is 2.70. The highest BCUT2D eigenvalue weighted by Gasteiger charge is 2.29. The molecule has 1 amide bonds. The standard InChI is InChI=1S/C18H23N5O5S/c1-3-17(24)22-10-4-5-13(11-22)18(25)28-12-16-19-20-21-23(16)14-6-8-15(9-7-14)29(2,26)27/h6-9,13H,3-5,10-12H2,1-2H3. The molecule has 1 unspecified atom stereocenters. The highest BCUT2D eigenvalue weighted by atomic mass is 32.2. The summed E-state index contributed by atoms with van der Waals surface area (Å²) in [6, 6.07) is 6.08. The van der Waals surface area contributed by atoms with Gasteiger partial charge < -0.3 is 9.64 Å². The number of aromatic nitrogens is 4. The van der Waals surface area contributed by atoms with E-state index in [0.29, 0.717) is 37.4 Å². The predicted molar refractivity (Wildman–Crippen MR) is 102 cm³/mol. The number of carbonyl (C=O) groups excluding carboxylic acids is 2. The fraction of sp³-hybridized carbons (Fsp3) is 0.500. The molecule has 0 aliphatic carbocycles. The SMILES string of the molecule is CCC(=O)N1CCCC(C(=O)OCc2nnnn2-c2ccc(S(C)(=O)=O)cc2)C1. The molecule has 0 spiro atoms. The maximum absolute atomic E-state index is 12.4. The molecular formula is C18H23N5O5S. The van der Waals surface area contributed by atoms with Gasteiger partial charge in [-0.2, -0.15) is 4.68 Å². The average Bonchev–Trinajstić information content (AvgIpc) is 3.19. The van der Waals surface area contributed by atoms with Gasteiger partial charge >= 0.3 is 5.97 Å².